The maximum atomic E-state index is 12.3. The van der Waals surface area contributed by atoms with E-state index in [0.717, 1.165) is 5.69 Å². The van der Waals surface area contributed by atoms with Crippen LogP contribution in [0.5, 0.6) is 11.5 Å². The molecule has 0 spiro atoms. The first-order chi connectivity index (χ1) is 11.8. The minimum Gasteiger partial charge on any atom is -0.454 e. The zero-order valence-electron chi connectivity index (χ0n) is 12.5. The summed E-state index contributed by atoms with van der Waals surface area (Å²) in [6.45, 7) is 0.376. The number of amides is 1. The largest absolute Gasteiger partial charge is 0.454 e. The summed E-state index contributed by atoms with van der Waals surface area (Å²) in [6.07, 6.45) is 0. The molecule has 0 bridgehead atoms. The second-order valence-corrected chi connectivity index (χ2v) is 5.09. The Bertz CT molecular complexity index is 878. The zero-order valence-corrected chi connectivity index (χ0v) is 12.5. The lowest BCUT2D eigenvalue weighted by molar-refractivity contribution is 0.0949. The van der Waals surface area contributed by atoms with Crippen LogP contribution in [0.15, 0.2) is 48.5 Å². The number of carbonyl (C=O) groups is 1. The van der Waals surface area contributed by atoms with Crippen LogP contribution >= 0.6 is 0 Å². The van der Waals surface area contributed by atoms with E-state index < -0.39 is 0 Å². The van der Waals surface area contributed by atoms with Gasteiger partial charge in [-0.05, 0) is 40.8 Å². The summed E-state index contributed by atoms with van der Waals surface area (Å²) >= 11 is 0. The molecule has 0 fully saturated rings. The molecule has 1 aliphatic rings. The lowest BCUT2D eigenvalue weighted by Gasteiger charge is -2.07. The number of aromatic nitrogens is 4. The van der Waals surface area contributed by atoms with Gasteiger partial charge in [-0.3, -0.25) is 4.79 Å². The third kappa shape index (κ3) is 2.65. The highest BCUT2D eigenvalue weighted by molar-refractivity contribution is 5.94. The van der Waals surface area contributed by atoms with Gasteiger partial charge in [0, 0.05) is 5.56 Å². The van der Waals surface area contributed by atoms with E-state index in [2.05, 4.69) is 20.8 Å². The van der Waals surface area contributed by atoms with Gasteiger partial charge in [0.25, 0.3) is 5.91 Å². The Morgan fingerprint density at radius 1 is 1.12 bits per heavy atom. The fourth-order valence-electron chi connectivity index (χ4n) is 2.38. The first-order valence-corrected chi connectivity index (χ1v) is 7.32. The van der Waals surface area contributed by atoms with Crippen molar-refractivity contribution in [1.82, 2.24) is 25.5 Å². The van der Waals surface area contributed by atoms with E-state index in [9.17, 15) is 4.79 Å². The van der Waals surface area contributed by atoms with Crippen LogP contribution in [0.25, 0.3) is 5.69 Å². The van der Waals surface area contributed by atoms with E-state index in [1.165, 1.54) is 0 Å². The van der Waals surface area contributed by atoms with E-state index in [1.54, 1.807) is 22.9 Å². The molecule has 0 saturated carbocycles. The van der Waals surface area contributed by atoms with Crippen LogP contribution < -0.4 is 14.8 Å². The first-order valence-electron chi connectivity index (χ1n) is 7.32. The van der Waals surface area contributed by atoms with Crippen LogP contribution in [0.4, 0.5) is 0 Å². The van der Waals surface area contributed by atoms with Gasteiger partial charge in [-0.15, -0.1) is 5.10 Å². The van der Waals surface area contributed by atoms with Crippen LogP contribution in [-0.4, -0.2) is 32.9 Å². The smallest absolute Gasteiger partial charge is 0.251 e. The van der Waals surface area contributed by atoms with E-state index in [0.29, 0.717) is 22.9 Å². The number of benzene rings is 2. The van der Waals surface area contributed by atoms with Gasteiger partial charge in [0.15, 0.2) is 17.3 Å². The summed E-state index contributed by atoms with van der Waals surface area (Å²) in [5, 5.41) is 14.4. The van der Waals surface area contributed by atoms with E-state index in [1.807, 2.05) is 30.3 Å². The van der Waals surface area contributed by atoms with Crippen LogP contribution in [0.2, 0.25) is 0 Å². The third-order valence-electron chi connectivity index (χ3n) is 3.58. The van der Waals surface area contributed by atoms with Gasteiger partial charge < -0.3 is 14.8 Å². The summed E-state index contributed by atoms with van der Waals surface area (Å²) < 4.78 is 12.1. The molecular formula is C16H13N5O3. The fraction of sp³-hybridized carbons (Fsp3) is 0.125. The van der Waals surface area contributed by atoms with Gasteiger partial charge in [0.2, 0.25) is 6.79 Å². The number of ether oxygens (including phenoxy) is 2. The van der Waals surface area contributed by atoms with Gasteiger partial charge in [-0.2, -0.15) is 4.68 Å². The van der Waals surface area contributed by atoms with Crippen LogP contribution in [0.1, 0.15) is 16.2 Å². The monoisotopic (exact) mass is 323 g/mol. The molecule has 24 heavy (non-hydrogen) atoms. The number of tetrazole rings is 1. The Balaban J connectivity index is 1.48. The molecule has 0 aliphatic carbocycles. The summed E-state index contributed by atoms with van der Waals surface area (Å²) in [6, 6.07) is 14.5. The maximum Gasteiger partial charge on any atom is 0.251 e. The summed E-state index contributed by atoms with van der Waals surface area (Å²) in [4.78, 5) is 12.3. The second-order valence-electron chi connectivity index (χ2n) is 5.09. The van der Waals surface area contributed by atoms with Crippen molar-refractivity contribution in [2.45, 2.75) is 6.54 Å². The van der Waals surface area contributed by atoms with Gasteiger partial charge in [0.1, 0.15) is 0 Å². The Morgan fingerprint density at radius 2 is 1.96 bits per heavy atom. The van der Waals surface area contributed by atoms with E-state index in [4.69, 9.17) is 9.47 Å². The second kappa shape index (κ2) is 5.99. The molecule has 0 unspecified atom stereocenters. The van der Waals surface area contributed by atoms with Crippen LogP contribution in [0, 0.1) is 0 Å². The lowest BCUT2D eigenvalue weighted by atomic mass is 10.2. The molecular weight excluding hydrogens is 310 g/mol. The molecule has 2 aromatic carbocycles. The average Bonchev–Trinajstić information content (AvgIpc) is 3.28. The third-order valence-corrected chi connectivity index (χ3v) is 3.58. The van der Waals surface area contributed by atoms with Gasteiger partial charge >= 0.3 is 0 Å². The SMILES string of the molecule is O=C(NCc1nnnn1-c1ccccc1)c1ccc2c(c1)OCO2. The van der Waals surface area contributed by atoms with E-state index >= 15 is 0 Å². The Hall–Kier alpha value is -3.42. The van der Waals surface area contributed by atoms with Crippen molar-refractivity contribution in [1.29, 1.82) is 0 Å². The van der Waals surface area contributed by atoms with Gasteiger partial charge in [-0.1, -0.05) is 18.2 Å². The average molecular weight is 323 g/mol. The predicted molar refractivity (Wildman–Crippen MR) is 82.9 cm³/mol. The topological polar surface area (TPSA) is 91.2 Å². The highest BCUT2D eigenvalue weighted by Gasteiger charge is 2.17. The van der Waals surface area contributed by atoms with Crippen molar-refractivity contribution < 1.29 is 14.3 Å². The number of hydrogen-bond donors (Lipinski definition) is 1. The standard InChI is InChI=1S/C16H13N5O3/c22-16(11-6-7-13-14(8-11)24-10-23-13)17-9-15-18-19-20-21(15)12-4-2-1-3-5-12/h1-8H,9-10H2,(H,17,22). The first kappa shape index (κ1) is 14.2. The molecule has 120 valence electrons. The number of fused-ring (bicyclic) bond motifs is 1. The molecule has 1 aliphatic heterocycles. The number of carbonyl (C=O) groups excluding carboxylic acids is 1. The number of rotatable bonds is 4. The minimum absolute atomic E-state index is 0.173. The molecule has 1 N–H and O–H groups in total. The molecule has 8 nitrogen and oxygen atoms in total. The van der Waals surface area contributed by atoms with E-state index in [-0.39, 0.29) is 19.2 Å². The molecule has 0 atom stereocenters. The number of hydrogen-bond acceptors (Lipinski definition) is 6. The van der Waals surface area contributed by atoms with Crippen molar-refractivity contribution in [2.24, 2.45) is 0 Å². The van der Waals surface area contributed by atoms with Crippen LogP contribution in [0.3, 0.4) is 0 Å². The molecule has 1 aromatic heterocycles. The summed E-state index contributed by atoms with van der Waals surface area (Å²) in [5.74, 6) is 1.50. The Kier molecular flexibility index (Phi) is 3.54. The van der Waals surface area contributed by atoms with Crippen molar-refractivity contribution in [3.05, 3.63) is 59.9 Å². The molecule has 0 radical (unpaired) electrons. The maximum absolute atomic E-state index is 12.3. The minimum atomic E-state index is -0.240. The quantitative estimate of drug-likeness (QED) is 0.778. The normalized spacial score (nSPS) is 12.2. The molecule has 1 amide bonds. The highest BCUT2D eigenvalue weighted by Crippen LogP contribution is 2.32. The lowest BCUT2D eigenvalue weighted by Crippen LogP contribution is -2.24. The molecule has 2 heterocycles. The van der Waals surface area contributed by atoms with Crippen molar-refractivity contribution in [3.63, 3.8) is 0 Å². The number of nitrogens with one attached hydrogen (secondary N) is 1. The number of para-hydroxylation sites is 1. The molecule has 3 aromatic rings. The Morgan fingerprint density at radius 3 is 2.83 bits per heavy atom. The predicted octanol–water partition coefficient (Wildman–Crippen LogP) is 1.32. The van der Waals surface area contributed by atoms with Crippen molar-refractivity contribution >= 4 is 5.91 Å². The molecule has 4 rings (SSSR count). The summed E-state index contributed by atoms with van der Waals surface area (Å²) in [5.41, 5.74) is 1.31. The van der Waals surface area contributed by atoms with Gasteiger partial charge in [-0.25, -0.2) is 0 Å². The fourth-order valence-corrected chi connectivity index (χ4v) is 2.38. The molecule has 0 saturated heterocycles. The van der Waals surface area contributed by atoms with Crippen molar-refractivity contribution in [2.75, 3.05) is 6.79 Å². The van der Waals surface area contributed by atoms with Crippen molar-refractivity contribution in [3.8, 4) is 17.2 Å². The van der Waals surface area contributed by atoms with Crippen LogP contribution in [-0.2, 0) is 6.54 Å². The molecule has 8 heteroatoms. The summed E-state index contributed by atoms with van der Waals surface area (Å²) in [7, 11) is 0. The zero-order chi connectivity index (χ0) is 16.4. The highest BCUT2D eigenvalue weighted by atomic mass is 16.7. The Labute approximate surface area is 137 Å². The number of nitrogens with zero attached hydrogens (tertiary/aromatic N) is 4. The van der Waals surface area contributed by atoms with Gasteiger partial charge in [0.05, 0.1) is 12.2 Å².